The fraction of sp³-hybridized carbons (Fsp3) is 0.214. The van der Waals surface area contributed by atoms with Gasteiger partial charge in [0.1, 0.15) is 0 Å². The van der Waals surface area contributed by atoms with Gasteiger partial charge in [-0.2, -0.15) is 0 Å². The zero-order valence-electron chi connectivity index (χ0n) is 17.4. The summed E-state index contributed by atoms with van der Waals surface area (Å²) >= 11 is 0. The van der Waals surface area contributed by atoms with Crippen LogP contribution in [0.5, 0.6) is 0 Å². The van der Waals surface area contributed by atoms with Crippen LogP contribution in [0.2, 0.25) is 0 Å². The van der Waals surface area contributed by atoms with E-state index >= 15 is 0 Å². The number of hydrogen-bond acceptors (Lipinski definition) is 0. The molecule has 0 aliphatic carbocycles. The molecule has 0 bridgehead atoms. The van der Waals surface area contributed by atoms with Crippen LogP contribution >= 0.6 is 0 Å². The first-order valence-electron chi connectivity index (χ1n) is 10.2. The normalized spacial score (nSPS) is 11.9. The van der Waals surface area contributed by atoms with Crippen LogP contribution in [0.3, 0.4) is 0 Å². The first kappa shape index (κ1) is 19.9. The summed E-state index contributed by atoms with van der Waals surface area (Å²) in [6, 6.07) is 26.2. The summed E-state index contributed by atoms with van der Waals surface area (Å²) in [5.41, 5.74) is 7.67. The lowest BCUT2D eigenvalue weighted by molar-refractivity contribution is 0.866. The quantitative estimate of drug-likeness (QED) is 0.385. The fourth-order valence-corrected chi connectivity index (χ4v) is 3.17. The highest BCUT2D eigenvalue weighted by Gasteiger charge is 1.99. The van der Waals surface area contributed by atoms with Crippen LogP contribution in [0.4, 0.5) is 0 Å². The van der Waals surface area contributed by atoms with Gasteiger partial charge in [0.05, 0.1) is 0 Å². The van der Waals surface area contributed by atoms with Gasteiger partial charge in [-0.1, -0.05) is 125 Å². The van der Waals surface area contributed by atoms with Gasteiger partial charge >= 0.3 is 0 Å². The lowest BCUT2D eigenvalue weighted by Gasteiger charge is -2.05. The Labute approximate surface area is 170 Å². The number of hydrogen-bond donors (Lipinski definition) is 0. The van der Waals surface area contributed by atoms with Crippen LogP contribution in [0, 0.1) is 0 Å². The van der Waals surface area contributed by atoms with Crippen molar-refractivity contribution >= 4 is 24.3 Å². The Hall–Kier alpha value is -2.86. The molecule has 0 heterocycles. The van der Waals surface area contributed by atoms with Crippen molar-refractivity contribution in [3.05, 3.63) is 106 Å². The van der Waals surface area contributed by atoms with Gasteiger partial charge < -0.3 is 0 Å². The Bertz CT molecular complexity index is 856. The van der Waals surface area contributed by atoms with Gasteiger partial charge in [-0.25, -0.2) is 0 Å². The first-order valence-corrected chi connectivity index (χ1v) is 10.2. The maximum Gasteiger partial charge on any atom is -0.0184 e. The molecule has 0 saturated carbocycles. The van der Waals surface area contributed by atoms with E-state index in [-0.39, 0.29) is 0 Å². The first-order chi connectivity index (χ1) is 13.5. The van der Waals surface area contributed by atoms with Gasteiger partial charge in [-0.15, -0.1) is 0 Å². The molecule has 3 aromatic rings. The van der Waals surface area contributed by atoms with Crippen LogP contribution in [0.15, 0.2) is 72.8 Å². The summed E-state index contributed by atoms with van der Waals surface area (Å²) in [5, 5.41) is 0. The van der Waals surface area contributed by atoms with E-state index < -0.39 is 0 Å². The summed E-state index contributed by atoms with van der Waals surface area (Å²) in [6.45, 7) is 8.90. The average Bonchev–Trinajstić information content (AvgIpc) is 2.72. The van der Waals surface area contributed by atoms with Gasteiger partial charge in [-0.05, 0) is 45.2 Å². The summed E-state index contributed by atoms with van der Waals surface area (Å²) in [5.74, 6) is 1.14. The highest BCUT2D eigenvalue weighted by molar-refractivity contribution is 5.79. The van der Waals surface area contributed by atoms with Crippen molar-refractivity contribution in [2.75, 3.05) is 0 Å². The van der Waals surface area contributed by atoms with Gasteiger partial charge in [0.25, 0.3) is 0 Å². The predicted octanol–water partition coefficient (Wildman–Crippen LogP) is 8.27. The second-order valence-electron chi connectivity index (χ2n) is 7.94. The van der Waals surface area contributed by atoms with E-state index in [4.69, 9.17) is 0 Å². The molecule has 0 fully saturated rings. The summed E-state index contributed by atoms with van der Waals surface area (Å²) in [7, 11) is 0. The summed E-state index contributed by atoms with van der Waals surface area (Å²) in [6.07, 6.45) is 8.78. The molecular formula is C28H30. The molecule has 0 heteroatoms. The van der Waals surface area contributed by atoms with Crippen molar-refractivity contribution in [3.8, 4) is 0 Å². The zero-order valence-corrected chi connectivity index (χ0v) is 17.4. The van der Waals surface area contributed by atoms with E-state index in [1.165, 1.54) is 33.4 Å². The topological polar surface area (TPSA) is 0 Å². The monoisotopic (exact) mass is 366 g/mol. The molecule has 142 valence electrons. The third kappa shape index (κ3) is 5.33. The second-order valence-corrected chi connectivity index (χ2v) is 7.94. The van der Waals surface area contributed by atoms with Gasteiger partial charge in [0, 0.05) is 0 Å². The van der Waals surface area contributed by atoms with Crippen molar-refractivity contribution in [2.24, 2.45) is 0 Å². The van der Waals surface area contributed by atoms with Crippen LogP contribution in [-0.2, 0) is 0 Å². The van der Waals surface area contributed by atoms with Gasteiger partial charge in [-0.3, -0.25) is 0 Å². The maximum atomic E-state index is 2.23. The van der Waals surface area contributed by atoms with Crippen molar-refractivity contribution in [1.82, 2.24) is 0 Å². The Morgan fingerprint density at radius 1 is 0.464 bits per heavy atom. The van der Waals surface area contributed by atoms with Crippen molar-refractivity contribution in [2.45, 2.75) is 39.5 Å². The summed E-state index contributed by atoms with van der Waals surface area (Å²) in [4.78, 5) is 0. The van der Waals surface area contributed by atoms with Gasteiger partial charge in [0.15, 0.2) is 0 Å². The Morgan fingerprint density at radius 3 is 1.14 bits per heavy atom. The molecule has 28 heavy (non-hydrogen) atoms. The molecular weight excluding hydrogens is 336 g/mol. The third-order valence-corrected chi connectivity index (χ3v) is 5.11. The minimum Gasteiger partial charge on any atom is -0.0616 e. The smallest absolute Gasteiger partial charge is 0.0184 e. The SMILES string of the molecule is CC(C)c1ccc(C=Cc2ccccc2C=Cc2ccc(C(C)C)cc2)cc1. The highest BCUT2D eigenvalue weighted by atomic mass is 14.0. The van der Waals surface area contributed by atoms with Crippen LogP contribution in [0.1, 0.15) is 72.9 Å². The van der Waals surface area contributed by atoms with Crippen LogP contribution < -0.4 is 0 Å². The molecule has 0 radical (unpaired) electrons. The Morgan fingerprint density at radius 2 is 0.821 bits per heavy atom. The molecule has 0 aliphatic heterocycles. The number of benzene rings is 3. The van der Waals surface area contributed by atoms with E-state index in [0.717, 1.165) is 0 Å². The van der Waals surface area contributed by atoms with Crippen molar-refractivity contribution in [1.29, 1.82) is 0 Å². The summed E-state index contributed by atoms with van der Waals surface area (Å²) < 4.78 is 0. The van der Waals surface area contributed by atoms with E-state index in [1.54, 1.807) is 0 Å². The lowest BCUT2D eigenvalue weighted by Crippen LogP contribution is -1.86. The second kappa shape index (κ2) is 9.37. The van der Waals surface area contributed by atoms with Crippen LogP contribution in [0.25, 0.3) is 24.3 Å². The predicted molar refractivity (Wildman–Crippen MR) is 125 cm³/mol. The maximum absolute atomic E-state index is 2.23. The van der Waals surface area contributed by atoms with E-state index in [2.05, 4.69) is 125 Å². The lowest BCUT2D eigenvalue weighted by atomic mass is 10.00. The Balaban J connectivity index is 1.77. The van der Waals surface area contributed by atoms with E-state index in [0.29, 0.717) is 11.8 Å². The molecule has 0 spiro atoms. The molecule has 0 saturated heterocycles. The third-order valence-electron chi connectivity index (χ3n) is 5.11. The zero-order chi connectivity index (χ0) is 19.9. The molecule has 0 aromatic heterocycles. The van der Waals surface area contributed by atoms with E-state index in [9.17, 15) is 0 Å². The van der Waals surface area contributed by atoms with Crippen molar-refractivity contribution in [3.63, 3.8) is 0 Å². The molecule has 0 unspecified atom stereocenters. The molecule has 3 rings (SSSR count). The molecule has 3 aromatic carbocycles. The Kier molecular flexibility index (Phi) is 6.66. The molecule has 0 aliphatic rings. The molecule has 0 nitrogen and oxygen atoms in total. The average molecular weight is 367 g/mol. The molecule has 0 amide bonds. The standard InChI is InChI=1S/C28H30/c1-21(2)25-15-9-23(10-16-25)13-19-27-7-5-6-8-28(27)20-14-24-11-17-26(18-12-24)22(3)4/h5-22H,1-4H3. The highest BCUT2D eigenvalue weighted by Crippen LogP contribution is 2.20. The van der Waals surface area contributed by atoms with Crippen LogP contribution in [-0.4, -0.2) is 0 Å². The minimum atomic E-state index is 0.568. The van der Waals surface area contributed by atoms with E-state index in [1.807, 2.05) is 0 Å². The fourth-order valence-electron chi connectivity index (χ4n) is 3.17. The minimum absolute atomic E-state index is 0.568. The number of rotatable bonds is 6. The van der Waals surface area contributed by atoms with Crippen molar-refractivity contribution < 1.29 is 0 Å². The molecule has 0 atom stereocenters. The largest absolute Gasteiger partial charge is 0.0616 e. The molecule has 0 N–H and O–H groups in total. The van der Waals surface area contributed by atoms with Gasteiger partial charge in [0.2, 0.25) is 0 Å².